The second-order valence-corrected chi connectivity index (χ2v) is 4.36. The van der Waals surface area contributed by atoms with Crippen LogP contribution in [0.3, 0.4) is 0 Å². The lowest BCUT2D eigenvalue weighted by atomic mass is 10.2. The number of amides is 1. The Labute approximate surface area is 120 Å². The van der Waals surface area contributed by atoms with E-state index >= 15 is 0 Å². The maximum atomic E-state index is 12.4. The number of alkyl halides is 2. The SMILES string of the molecule is CCNc1ncc(C(=O)N(CCO)CC(F)F)cc1Cl. The number of aliphatic hydroxyl groups excluding tert-OH is 1. The summed E-state index contributed by atoms with van der Waals surface area (Å²) in [5.74, 6) is -0.218. The first kappa shape index (κ1) is 16.6. The molecule has 0 bridgehead atoms. The third kappa shape index (κ3) is 4.57. The summed E-state index contributed by atoms with van der Waals surface area (Å²) in [7, 11) is 0. The zero-order valence-corrected chi connectivity index (χ0v) is 11.7. The first-order valence-electron chi connectivity index (χ1n) is 6.07. The van der Waals surface area contributed by atoms with E-state index in [1.165, 1.54) is 12.3 Å². The van der Waals surface area contributed by atoms with Crippen molar-refractivity contribution >= 4 is 23.3 Å². The zero-order valence-electron chi connectivity index (χ0n) is 10.9. The zero-order chi connectivity index (χ0) is 15.1. The third-order valence-electron chi connectivity index (χ3n) is 2.45. The van der Waals surface area contributed by atoms with E-state index in [2.05, 4.69) is 10.3 Å². The minimum absolute atomic E-state index is 0.103. The van der Waals surface area contributed by atoms with Crippen molar-refractivity contribution in [2.45, 2.75) is 13.3 Å². The summed E-state index contributed by atoms with van der Waals surface area (Å²) in [4.78, 5) is 16.9. The number of hydrogen-bond acceptors (Lipinski definition) is 4. The normalized spacial score (nSPS) is 10.7. The molecule has 1 aromatic heterocycles. The molecular weight excluding hydrogens is 292 g/mol. The Morgan fingerprint density at radius 1 is 1.60 bits per heavy atom. The molecule has 0 aliphatic rings. The van der Waals surface area contributed by atoms with Gasteiger partial charge in [-0.2, -0.15) is 0 Å². The molecule has 0 aliphatic heterocycles. The molecule has 0 fully saturated rings. The van der Waals surface area contributed by atoms with Gasteiger partial charge in [-0.1, -0.05) is 11.6 Å². The van der Waals surface area contributed by atoms with Crippen LogP contribution in [-0.4, -0.2) is 53.6 Å². The van der Waals surface area contributed by atoms with Crippen molar-refractivity contribution in [2.24, 2.45) is 0 Å². The Balaban J connectivity index is 2.91. The van der Waals surface area contributed by atoms with Gasteiger partial charge in [-0.15, -0.1) is 0 Å². The van der Waals surface area contributed by atoms with Crippen molar-refractivity contribution in [3.63, 3.8) is 0 Å². The van der Waals surface area contributed by atoms with Crippen LogP contribution in [0.5, 0.6) is 0 Å². The van der Waals surface area contributed by atoms with Gasteiger partial charge >= 0.3 is 0 Å². The molecule has 0 saturated carbocycles. The van der Waals surface area contributed by atoms with E-state index in [0.29, 0.717) is 12.4 Å². The Morgan fingerprint density at radius 2 is 2.30 bits per heavy atom. The lowest BCUT2D eigenvalue weighted by Gasteiger charge is -2.21. The molecule has 1 rings (SSSR count). The molecule has 0 saturated heterocycles. The van der Waals surface area contributed by atoms with Gasteiger partial charge in [0.2, 0.25) is 0 Å². The lowest BCUT2D eigenvalue weighted by Crippen LogP contribution is -2.37. The van der Waals surface area contributed by atoms with Gasteiger partial charge in [0, 0.05) is 19.3 Å². The van der Waals surface area contributed by atoms with Gasteiger partial charge in [0.25, 0.3) is 12.3 Å². The van der Waals surface area contributed by atoms with Crippen LogP contribution in [0.2, 0.25) is 5.02 Å². The van der Waals surface area contributed by atoms with Crippen LogP contribution in [0.4, 0.5) is 14.6 Å². The molecule has 0 unspecified atom stereocenters. The number of rotatable bonds is 7. The predicted molar refractivity (Wildman–Crippen MR) is 72.4 cm³/mol. The maximum Gasteiger partial charge on any atom is 0.255 e. The summed E-state index contributed by atoms with van der Waals surface area (Å²) >= 11 is 5.95. The van der Waals surface area contributed by atoms with E-state index in [1.807, 2.05) is 6.92 Å². The Bertz CT molecular complexity index is 460. The molecule has 0 aliphatic carbocycles. The first-order chi connectivity index (χ1) is 9.49. The molecule has 112 valence electrons. The monoisotopic (exact) mass is 307 g/mol. The van der Waals surface area contributed by atoms with Gasteiger partial charge in [-0.3, -0.25) is 4.79 Å². The highest BCUT2D eigenvalue weighted by Gasteiger charge is 2.20. The van der Waals surface area contributed by atoms with Crippen LogP contribution in [0.1, 0.15) is 17.3 Å². The maximum absolute atomic E-state index is 12.4. The second-order valence-electron chi connectivity index (χ2n) is 3.95. The molecule has 1 aromatic rings. The highest BCUT2D eigenvalue weighted by atomic mass is 35.5. The number of nitrogens with zero attached hydrogens (tertiary/aromatic N) is 2. The van der Waals surface area contributed by atoms with Crippen LogP contribution < -0.4 is 5.32 Å². The number of halogens is 3. The van der Waals surface area contributed by atoms with E-state index in [0.717, 1.165) is 4.90 Å². The highest BCUT2D eigenvalue weighted by molar-refractivity contribution is 6.33. The summed E-state index contributed by atoms with van der Waals surface area (Å²) in [5.41, 5.74) is 0.103. The molecule has 5 nitrogen and oxygen atoms in total. The van der Waals surface area contributed by atoms with Gasteiger partial charge < -0.3 is 15.3 Å². The summed E-state index contributed by atoms with van der Waals surface area (Å²) in [6, 6.07) is 1.37. The number of carbonyl (C=O) groups excluding carboxylic acids is 1. The van der Waals surface area contributed by atoms with E-state index < -0.39 is 25.5 Å². The summed E-state index contributed by atoms with van der Waals surface area (Å²) in [6.07, 6.45) is -1.41. The summed E-state index contributed by atoms with van der Waals surface area (Å²) < 4.78 is 24.8. The van der Waals surface area contributed by atoms with Gasteiger partial charge in [0.15, 0.2) is 0 Å². The quantitative estimate of drug-likeness (QED) is 0.807. The fourth-order valence-electron chi connectivity index (χ4n) is 1.60. The number of nitrogens with one attached hydrogen (secondary N) is 1. The Morgan fingerprint density at radius 3 is 2.80 bits per heavy atom. The molecule has 20 heavy (non-hydrogen) atoms. The molecule has 1 amide bonds. The molecule has 0 atom stereocenters. The Hall–Kier alpha value is -1.47. The van der Waals surface area contributed by atoms with E-state index in [4.69, 9.17) is 16.7 Å². The van der Waals surface area contributed by atoms with Crippen LogP contribution in [0.25, 0.3) is 0 Å². The molecule has 1 heterocycles. The van der Waals surface area contributed by atoms with Crippen molar-refractivity contribution in [3.8, 4) is 0 Å². The minimum Gasteiger partial charge on any atom is -0.395 e. The number of anilines is 1. The van der Waals surface area contributed by atoms with Crippen molar-refractivity contribution < 1.29 is 18.7 Å². The summed E-state index contributed by atoms with van der Waals surface area (Å²) in [5, 5.41) is 12.0. The number of carbonyl (C=O) groups is 1. The molecule has 0 spiro atoms. The van der Waals surface area contributed by atoms with E-state index in [1.54, 1.807) is 0 Å². The highest BCUT2D eigenvalue weighted by Crippen LogP contribution is 2.20. The van der Waals surface area contributed by atoms with Crippen LogP contribution in [0, 0.1) is 0 Å². The van der Waals surface area contributed by atoms with Crippen molar-refractivity contribution in [1.82, 2.24) is 9.88 Å². The van der Waals surface area contributed by atoms with Crippen molar-refractivity contribution in [1.29, 1.82) is 0 Å². The predicted octanol–water partition coefficient (Wildman–Crippen LogP) is 1.87. The largest absolute Gasteiger partial charge is 0.395 e. The standard InChI is InChI=1S/C12H16ClF2N3O2/c1-2-16-11-9(13)5-8(6-17-11)12(20)18(3-4-19)7-10(14)15/h5-6,10,19H,2-4,7H2,1H3,(H,16,17). The van der Waals surface area contributed by atoms with Crippen LogP contribution >= 0.6 is 11.6 Å². The van der Waals surface area contributed by atoms with E-state index in [-0.39, 0.29) is 17.1 Å². The van der Waals surface area contributed by atoms with Gasteiger partial charge in [-0.05, 0) is 13.0 Å². The van der Waals surface area contributed by atoms with Gasteiger partial charge in [0.1, 0.15) is 5.82 Å². The van der Waals surface area contributed by atoms with Crippen molar-refractivity contribution in [3.05, 3.63) is 22.8 Å². The Kier molecular flexibility index (Phi) is 6.60. The topological polar surface area (TPSA) is 65.5 Å². The number of pyridine rings is 1. The first-order valence-corrected chi connectivity index (χ1v) is 6.45. The average Bonchev–Trinajstić information content (AvgIpc) is 2.39. The lowest BCUT2D eigenvalue weighted by molar-refractivity contribution is 0.0509. The second kappa shape index (κ2) is 7.96. The molecular formula is C12H16ClF2N3O2. The van der Waals surface area contributed by atoms with Crippen LogP contribution in [0.15, 0.2) is 12.3 Å². The molecule has 0 aromatic carbocycles. The number of aromatic nitrogens is 1. The number of aliphatic hydroxyl groups is 1. The van der Waals surface area contributed by atoms with Gasteiger partial charge in [0.05, 0.1) is 23.7 Å². The fourth-order valence-corrected chi connectivity index (χ4v) is 1.83. The summed E-state index contributed by atoms with van der Waals surface area (Å²) in [6.45, 7) is 1.17. The number of hydrogen-bond donors (Lipinski definition) is 2. The van der Waals surface area contributed by atoms with Crippen LogP contribution in [-0.2, 0) is 0 Å². The smallest absolute Gasteiger partial charge is 0.255 e. The minimum atomic E-state index is -2.67. The molecule has 0 radical (unpaired) electrons. The van der Waals surface area contributed by atoms with E-state index in [9.17, 15) is 13.6 Å². The van der Waals surface area contributed by atoms with Gasteiger partial charge in [-0.25, -0.2) is 13.8 Å². The van der Waals surface area contributed by atoms with Crippen molar-refractivity contribution in [2.75, 3.05) is 31.6 Å². The molecule has 8 heteroatoms. The average molecular weight is 308 g/mol. The molecule has 2 N–H and O–H groups in total. The third-order valence-corrected chi connectivity index (χ3v) is 2.74. The fraction of sp³-hybridized carbons (Fsp3) is 0.500.